The number of benzene rings is 2. The number of carbonyl (C=O) groups excluding carboxylic acids is 1. The fourth-order valence-electron chi connectivity index (χ4n) is 2.91. The van der Waals surface area contributed by atoms with E-state index in [1.165, 1.54) is 5.56 Å². The molecule has 0 saturated heterocycles. The third-order valence-electron chi connectivity index (χ3n) is 3.99. The van der Waals surface area contributed by atoms with Gasteiger partial charge in [-0.25, -0.2) is 0 Å². The highest BCUT2D eigenvalue weighted by Crippen LogP contribution is 2.33. The molecule has 0 fully saturated rings. The molecule has 0 spiro atoms. The zero-order valence-electron chi connectivity index (χ0n) is 12.9. The average Bonchev–Trinajstić information content (AvgIpc) is 2.85. The van der Waals surface area contributed by atoms with E-state index in [2.05, 4.69) is 28.9 Å². The monoisotopic (exact) mass is 393 g/mol. The Labute approximate surface area is 149 Å². The number of halogens is 2. The molecule has 1 aliphatic rings. The van der Waals surface area contributed by atoms with Crippen LogP contribution in [0.4, 0.5) is 5.69 Å². The van der Waals surface area contributed by atoms with Crippen molar-refractivity contribution in [2.75, 3.05) is 4.90 Å². The molecule has 0 saturated carbocycles. The second-order valence-electron chi connectivity index (χ2n) is 5.72. The summed E-state index contributed by atoms with van der Waals surface area (Å²) in [4.78, 5) is 14.7. The van der Waals surface area contributed by atoms with Crippen molar-refractivity contribution in [1.82, 2.24) is 0 Å². The maximum Gasteiger partial charge on any atom is 0.268 e. The largest absolute Gasteiger partial charge is 0.479 e. The summed E-state index contributed by atoms with van der Waals surface area (Å²) in [6, 6.07) is 13.5. The lowest BCUT2D eigenvalue weighted by Crippen LogP contribution is -2.43. The number of hydrogen-bond donors (Lipinski definition) is 0. The lowest BCUT2D eigenvalue weighted by molar-refractivity contribution is -0.124. The summed E-state index contributed by atoms with van der Waals surface area (Å²) in [6.07, 6.45) is 0.260. The predicted octanol–water partition coefficient (Wildman–Crippen LogP) is 4.85. The number of amides is 1. The summed E-state index contributed by atoms with van der Waals surface area (Å²) in [5.41, 5.74) is 2.17. The molecule has 0 N–H and O–H groups in total. The van der Waals surface area contributed by atoms with Crippen LogP contribution in [0, 0.1) is 0 Å². The number of nitrogens with zero attached hydrogens (tertiary/aromatic N) is 1. The minimum Gasteiger partial charge on any atom is -0.479 e. The van der Waals surface area contributed by atoms with Gasteiger partial charge in [0.2, 0.25) is 0 Å². The second kappa shape index (κ2) is 6.54. The Balaban J connectivity index is 1.80. The van der Waals surface area contributed by atoms with Gasteiger partial charge in [-0.15, -0.1) is 0 Å². The van der Waals surface area contributed by atoms with E-state index in [9.17, 15) is 4.79 Å². The van der Waals surface area contributed by atoms with Gasteiger partial charge in [-0.2, -0.15) is 0 Å². The maximum absolute atomic E-state index is 12.8. The van der Waals surface area contributed by atoms with Gasteiger partial charge in [0.1, 0.15) is 5.75 Å². The molecule has 0 unspecified atom stereocenters. The Hall–Kier alpha value is -1.52. The van der Waals surface area contributed by atoms with Crippen LogP contribution in [0.1, 0.15) is 19.4 Å². The Morgan fingerprint density at radius 1 is 1.35 bits per heavy atom. The molecule has 0 aliphatic carbocycles. The highest BCUT2D eigenvalue weighted by atomic mass is 79.9. The van der Waals surface area contributed by atoms with Gasteiger partial charge in [0.15, 0.2) is 6.10 Å². The first-order valence-electron chi connectivity index (χ1n) is 7.50. The summed E-state index contributed by atoms with van der Waals surface area (Å²) in [5.74, 6) is 0.456. The van der Waals surface area contributed by atoms with Crippen LogP contribution in [-0.4, -0.2) is 18.1 Å². The first kappa shape index (κ1) is 16.3. The average molecular weight is 395 g/mol. The molecular weight excluding hydrogens is 378 g/mol. The topological polar surface area (TPSA) is 29.5 Å². The van der Waals surface area contributed by atoms with Gasteiger partial charge in [0.25, 0.3) is 5.91 Å². The molecule has 1 aliphatic heterocycles. The van der Waals surface area contributed by atoms with E-state index < -0.39 is 6.10 Å². The van der Waals surface area contributed by atoms with Crippen LogP contribution >= 0.6 is 27.5 Å². The Morgan fingerprint density at radius 3 is 2.83 bits per heavy atom. The number of para-hydroxylation sites is 1. The van der Waals surface area contributed by atoms with Crippen molar-refractivity contribution >= 4 is 39.1 Å². The number of rotatable bonds is 3. The van der Waals surface area contributed by atoms with E-state index in [0.717, 1.165) is 16.6 Å². The standard InChI is InChI=1S/C18H17BrClNO2/c1-11-9-13-5-3-4-6-16(13)21(11)18(22)12(2)23-17-8-7-14(19)10-15(17)20/h3-8,10-12H,9H2,1-2H3/t11-,12+/m1/s1. The normalized spacial score (nSPS) is 17.7. The summed E-state index contributed by atoms with van der Waals surface area (Å²) in [6.45, 7) is 3.81. The van der Waals surface area contributed by atoms with Gasteiger partial charge in [0.05, 0.1) is 5.02 Å². The second-order valence-corrected chi connectivity index (χ2v) is 7.05. The first-order valence-corrected chi connectivity index (χ1v) is 8.67. The van der Waals surface area contributed by atoms with Crippen LogP contribution in [0.5, 0.6) is 5.75 Å². The Morgan fingerprint density at radius 2 is 2.09 bits per heavy atom. The van der Waals surface area contributed by atoms with Crippen molar-refractivity contribution in [3.63, 3.8) is 0 Å². The summed E-state index contributed by atoms with van der Waals surface area (Å²) < 4.78 is 6.66. The van der Waals surface area contributed by atoms with Crippen molar-refractivity contribution in [2.45, 2.75) is 32.4 Å². The van der Waals surface area contributed by atoms with Gasteiger partial charge in [-0.1, -0.05) is 45.7 Å². The molecule has 120 valence electrons. The molecule has 5 heteroatoms. The van der Waals surface area contributed by atoms with E-state index in [0.29, 0.717) is 10.8 Å². The minimum absolute atomic E-state index is 0.0542. The van der Waals surface area contributed by atoms with E-state index in [-0.39, 0.29) is 11.9 Å². The van der Waals surface area contributed by atoms with E-state index in [1.807, 2.05) is 29.2 Å². The molecular formula is C18H17BrClNO2. The highest BCUT2D eigenvalue weighted by Gasteiger charge is 2.34. The van der Waals surface area contributed by atoms with Crippen molar-refractivity contribution in [3.05, 3.63) is 57.5 Å². The van der Waals surface area contributed by atoms with Gasteiger partial charge < -0.3 is 9.64 Å². The summed E-state index contributed by atoms with van der Waals surface area (Å²) >= 11 is 9.52. The van der Waals surface area contributed by atoms with Crippen molar-refractivity contribution in [2.24, 2.45) is 0 Å². The highest BCUT2D eigenvalue weighted by molar-refractivity contribution is 9.10. The molecule has 0 aromatic heterocycles. The van der Waals surface area contributed by atoms with Crippen LogP contribution in [0.2, 0.25) is 5.02 Å². The number of carbonyl (C=O) groups is 1. The maximum atomic E-state index is 12.8. The van der Waals surface area contributed by atoms with Gasteiger partial charge >= 0.3 is 0 Å². The van der Waals surface area contributed by atoms with Crippen LogP contribution in [-0.2, 0) is 11.2 Å². The lowest BCUT2D eigenvalue weighted by atomic mass is 10.1. The summed E-state index contributed by atoms with van der Waals surface area (Å²) in [7, 11) is 0. The van der Waals surface area contributed by atoms with E-state index in [1.54, 1.807) is 19.1 Å². The molecule has 2 aromatic carbocycles. The fourth-order valence-corrected chi connectivity index (χ4v) is 3.63. The predicted molar refractivity (Wildman–Crippen MR) is 96.3 cm³/mol. The van der Waals surface area contributed by atoms with Crippen molar-refractivity contribution in [1.29, 1.82) is 0 Å². The minimum atomic E-state index is -0.609. The van der Waals surface area contributed by atoms with Gasteiger partial charge in [0, 0.05) is 16.2 Å². The van der Waals surface area contributed by atoms with Crippen molar-refractivity contribution < 1.29 is 9.53 Å². The smallest absolute Gasteiger partial charge is 0.268 e. The van der Waals surface area contributed by atoms with Crippen LogP contribution in [0.3, 0.4) is 0 Å². The quantitative estimate of drug-likeness (QED) is 0.745. The lowest BCUT2D eigenvalue weighted by Gasteiger charge is -2.26. The fraction of sp³-hybridized carbons (Fsp3) is 0.278. The molecule has 3 nitrogen and oxygen atoms in total. The molecule has 3 rings (SSSR count). The number of fused-ring (bicyclic) bond motifs is 1. The zero-order valence-corrected chi connectivity index (χ0v) is 15.3. The molecule has 2 aromatic rings. The SMILES string of the molecule is C[C@H](Oc1ccc(Br)cc1Cl)C(=O)N1c2ccccc2C[C@H]1C. The Bertz CT molecular complexity index is 750. The van der Waals surface area contributed by atoms with E-state index in [4.69, 9.17) is 16.3 Å². The zero-order chi connectivity index (χ0) is 16.6. The van der Waals surface area contributed by atoms with Crippen LogP contribution in [0.25, 0.3) is 0 Å². The number of hydrogen-bond acceptors (Lipinski definition) is 2. The molecule has 1 heterocycles. The molecule has 23 heavy (non-hydrogen) atoms. The molecule has 1 amide bonds. The Kier molecular flexibility index (Phi) is 4.64. The van der Waals surface area contributed by atoms with E-state index >= 15 is 0 Å². The van der Waals surface area contributed by atoms with Crippen molar-refractivity contribution in [3.8, 4) is 5.75 Å². The molecule has 0 bridgehead atoms. The first-order chi connectivity index (χ1) is 11.0. The van der Waals surface area contributed by atoms with Crippen LogP contribution in [0.15, 0.2) is 46.9 Å². The van der Waals surface area contributed by atoms with Crippen LogP contribution < -0.4 is 9.64 Å². The third kappa shape index (κ3) is 3.24. The number of anilines is 1. The summed E-state index contributed by atoms with van der Waals surface area (Å²) in [5, 5.41) is 0.480. The molecule has 2 atom stereocenters. The van der Waals surface area contributed by atoms with Gasteiger partial charge in [-0.3, -0.25) is 4.79 Å². The molecule has 0 radical (unpaired) electrons. The number of ether oxygens (including phenoxy) is 1. The third-order valence-corrected chi connectivity index (χ3v) is 4.78. The van der Waals surface area contributed by atoms with Gasteiger partial charge in [-0.05, 0) is 50.1 Å².